The van der Waals surface area contributed by atoms with Crippen molar-refractivity contribution in [3.8, 4) is 22.8 Å². The summed E-state index contributed by atoms with van der Waals surface area (Å²) in [6.07, 6.45) is -5.23. The fraction of sp³-hybridized carbons (Fsp3) is 0.120. The summed E-state index contributed by atoms with van der Waals surface area (Å²) in [4.78, 5) is 11.2. The molecule has 0 amide bonds. The van der Waals surface area contributed by atoms with Crippen LogP contribution in [0, 0.1) is 6.07 Å². The maximum atomic E-state index is 13.3. The van der Waals surface area contributed by atoms with Crippen LogP contribution in [0.1, 0.15) is 5.82 Å². The number of hydrogen-bond donors (Lipinski definition) is 0. The molecule has 0 N–H and O–H groups in total. The van der Waals surface area contributed by atoms with E-state index in [1.54, 1.807) is 0 Å². The third kappa shape index (κ3) is 5.89. The fourth-order valence-corrected chi connectivity index (χ4v) is 3.06. The molecule has 1 radical (unpaired) electrons. The van der Waals surface area contributed by atoms with Gasteiger partial charge in [-0.3, -0.25) is 15.1 Å². The number of alkyl halides is 7. The summed E-state index contributed by atoms with van der Waals surface area (Å²) in [5.74, 6) is -14.6. The predicted molar refractivity (Wildman–Crippen MR) is 119 cm³/mol. The van der Waals surface area contributed by atoms with Gasteiger partial charge in [0.05, 0.1) is 11.2 Å². The van der Waals surface area contributed by atoms with Gasteiger partial charge in [-0.25, -0.2) is 0 Å². The van der Waals surface area contributed by atoms with Crippen molar-refractivity contribution in [1.82, 2.24) is 25.1 Å². The van der Waals surface area contributed by atoms with Crippen molar-refractivity contribution in [2.75, 3.05) is 0 Å². The molecular weight excluding hydrogens is 696 g/mol. The molecule has 3 aromatic heterocycles. The minimum atomic E-state index is -6.46. The maximum absolute atomic E-state index is 13.3. The van der Waals surface area contributed by atoms with E-state index in [1.165, 1.54) is 29.8 Å². The normalized spacial score (nSPS) is 11.9. The fourth-order valence-electron chi connectivity index (χ4n) is 3.06. The van der Waals surface area contributed by atoms with E-state index < -0.39 is 29.7 Å². The third-order valence-electron chi connectivity index (χ3n) is 4.96. The van der Waals surface area contributed by atoms with E-state index in [1.807, 2.05) is 48.5 Å². The SMILES string of the molecule is FC(F)(F)C(F)(F)C(F)(F)c1n[n-]c(-c2ccccn2)n1.[Ir].[c-]1ccccc1-c1ccc2ccccc2n1. The molecule has 2 aromatic carbocycles. The summed E-state index contributed by atoms with van der Waals surface area (Å²) >= 11 is 0. The Morgan fingerprint density at radius 3 is 2.08 bits per heavy atom. The molecule has 5 nitrogen and oxygen atoms in total. The zero-order valence-electron chi connectivity index (χ0n) is 18.8. The molecule has 0 aliphatic rings. The van der Waals surface area contributed by atoms with Gasteiger partial charge in [0.15, 0.2) is 0 Å². The molecule has 0 atom stereocenters. The Labute approximate surface area is 224 Å². The monoisotopic (exact) mass is 710 g/mol. The number of fused-ring (bicyclic) bond motifs is 1. The van der Waals surface area contributed by atoms with E-state index in [0.29, 0.717) is 0 Å². The van der Waals surface area contributed by atoms with Gasteiger partial charge in [0.25, 0.3) is 0 Å². The van der Waals surface area contributed by atoms with Gasteiger partial charge in [-0.1, -0.05) is 36.4 Å². The van der Waals surface area contributed by atoms with Gasteiger partial charge in [-0.15, -0.1) is 35.9 Å². The first-order valence-electron chi connectivity index (χ1n) is 10.5. The first-order valence-corrected chi connectivity index (χ1v) is 10.5. The second kappa shape index (κ2) is 11.4. The number of aromatic nitrogens is 5. The molecule has 38 heavy (non-hydrogen) atoms. The van der Waals surface area contributed by atoms with Crippen LogP contribution < -0.4 is 5.10 Å². The second-order valence-electron chi connectivity index (χ2n) is 7.49. The van der Waals surface area contributed by atoms with Crippen molar-refractivity contribution in [1.29, 1.82) is 0 Å². The van der Waals surface area contributed by atoms with E-state index in [-0.39, 0.29) is 25.8 Å². The second-order valence-corrected chi connectivity index (χ2v) is 7.49. The van der Waals surface area contributed by atoms with Gasteiger partial charge in [0.1, 0.15) is 5.82 Å². The van der Waals surface area contributed by atoms with Crippen molar-refractivity contribution in [2.24, 2.45) is 0 Å². The summed E-state index contributed by atoms with van der Waals surface area (Å²) in [7, 11) is 0. The first kappa shape index (κ1) is 28.9. The molecule has 0 aliphatic carbocycles. The Morgan fingerprint density at radius 2 is 1.42 bits per heavy atom. The van der Waals surface area contributed by atoms with Gasteiger partial charge in [-0.05, 0) is 35.1 Å². The number of benzene rings is 2. The van der Waals surface area contributed by atoms with Crippen LogP contribution in [0.5, 0.6) is 0 Å². The summed E-state index contributed by atoms with van der Waals surface area (Å²) < 4.78 is 88.3. The van der Waals surface area contributed by atoms with Crippen LogP contribution in [0.15, 0.2) is 85.1 Å². The molecule has 0 bridgehead atoms. The molecule has 0 unspecified atom stereocenters. The number of para-hydroxylation sites is 1. The average Bonchev–Trinajstić information content (AvgIpc) is 3.40. The van der Waals surface area contributed by atoms with Crippen LogP contribution in [0.2, 0.25) is 0 Å². The van der Waals surface area contributed by atoms with E-state index in [9.17, 15) is 30.7 Å². The molecule has 199 valence electrons. The summed E-state index contributed by atoms with van der Waals surface area (Å²) in [5.41, 5.74) is 2.94. The molecule has 0 saturated carbocycles. The minimum absolute atomic E-state index is 0. The van der Waals surface area contributed by atoms with Gasteiger partial charge in [-0.2, -0.15) is 30.7 Å². The molecule has 0 saturated heterocycles. The minimum Gasteiger partial charge on any atom is -0.415 e. The third-order valence-corrected chi connectivity index (χ3v) is 4.96. The van der Waals surface area contributed by atoms with E-state index >= 15 is 0 Å². The van der Waals surface area contributed by atoms with Crippen molar-refractivity contribution in [3.63, 3.8) is 0 Å². The molecule has 5 aromatic rings. The quantitative estimate of drug-likeness (QED) is 0.158. The molecule has 0 spiro atoms. The number of nitrogens with zero attached hydrogens (tertiary/aromatic N) is 5. The van der Waals surface area contributed by atoms with Crippen LogP contribution in [-0.2, 0) is 26.0 Å². The van der Waals surface area contributed by atoms with Crippen molar-refractivity contribution in [3.05, 3.63) is 97.0 Å². The van der Waals surface area contributed by atoms with Crippen molar-refractivity contribution < 1.29 is 50.8 Å². The summed E-state index contributed by atoms with van der Waals surface area (Å²) in [5, 5.41) is 6.83. The number of hydrogen-bond acceptors (Lipinski definition) is 4. The summed E-state index contributed by atoms with van der Waals surface area (Å²) in [6, 6.07) is 27.5. The van der Waals surface area contributed by atoms with Crippen molar-refractivity contribution >= 4 is 10.9 Å². The predicted octanol–water partition coefficient (Wildman–Crippen LogP) is 6.48. The number of halogens is 7. The van der Waals surface area contributed by atoms with Crippen LogP contribution in [-0.4, -0.2) is 32.1 Å². The zero-order chi connectivity index (χ0) is 26.7. The standard InChI is InChI=1S/C15H10N.C10H4F7N4.Ir/c1-2-6-12(7-3-1)15-11-10-13-8-4-5-9-14(13)16-15;11-8(12,9(13,14)10(15,16)17)7-19-6(20-21-7)5-3-1-2-4-18-5;/h1-6,8-11H;1-4H;/q2*-1;. The van der Waals surface area contributed by atoms with Crippen LogP contribution in [0.3, 0.4) is 0 Å². The molecule has 0 aliphatic heterocycles. The van der Waals surface area contributed by atoms with Crippen LogP contribution in [0.25, 0.3) is 33.7 Å². The number of rotatable bonds is 4. The van der Waals surface area contributed by atoms with E-state index in [4.69, 9.17) is 0 Å². The van der Waals surface area contributed by atoms with Gasteiger partial charge in [0, 0.05) is 26.3 Å². The van der Waals surface area contributed by atoms with Gasteiger partial charge < -0.3 is 10.1 Å². The zero-order valence-corrected chi connectivity index (χ0v) is 21.2. The first-order chi connectivity index (χ1) is 17.5. The van der Waals surface area contributed by atoms with Gasteiger partial charge in [0.2, 0.25) is 0 Å². The Balaban J connectivity index is 0.000000211. The Hall–Kier alpha value is -3.70. The average molecular weight is 710 g/mol. The summed E-state index contributed by atoms with van der Waals surface area (Å²) in [6.45, 7) is 0. The van der Waals surface area contributed by atoms with E-state index in [0.717, 1.165) is 16.8 Å². The topological polar surface area (TPSA) is 65.7 Å². The largest absolute Gasteiger partial charge is 0.460 e. The smallest absolute Gasteiger partial charge is 0.415 e. The Kier molecular flexibility index (Phi) is 8.63. The molecule has 3 heterocycles. The van der Waals surface area contributed by atoms with E-state index in [2.05, 4.69) is 43.3 Å². The van der Waals surface area contributed by atoms with Crippen molar-refractivity contribution in [2.45, 2.75) is 18.0 Å². The molecule has 13 heteroatoms. The Bertz CT molecular complexity index is 1480. The maximum Gasteiger partial charge on any atom is 0.460 e. The molecule has 0 fully saturated rings. The molecular formula is C25H14F7IrN5-2. The van der Waals surface area contributed by atoms with Crippen LogP contribution >= 0.6 is 0 Å². The Morgan fingerprint density at radius 1 is 0.711 bits per heavy atom. The molecule has 5 rings (SSSR count). The van der Waals surface area contributed by atoms with Gasteiger partial charge >= 0.3 is 18.0 Å². The number of pyridine rings is 2. The van der Waals surface area contributed by atoms with Crippen LogP contribution in [0.4, 0.5) is 30.7 Å².